The number of nitrogens with zero attached hydrogens (tertiary/aromatic N) is 1. The third-order valence-electron chi connectivity index (χ3n) is 5.82. The minimum Gasteiger partial charge on any atom is -0.381 e. The Morgan fingerprint density at radius 1 is 1.18 bits per heavy atom. The normalized spacial score (nSPS) is 29.8. The Balaban J connectivity index is 1.68. The molecule has 3 nitrogen and oxygen atoms in total. The molecule has 4 heteroatoms. The third kappa shape index (κ3) is 2.16. The van der Waals surface area contributed by atoms with Crippen LogP contribution in [0.5, 0.6) is 0 Å². The largest absolute Gasteiger partial charge is 0.381 e. The summed E-state index contributed by atoms with van der Waals surface area (Å²) in [7, 11) is 0. The Hall–Kier alpha value is -1.42. The number of hydrogen-bond acceptors (Lipinski definition) is 2. The molecule has 0 unspecified atom stereocenters. The van der Waals surface area contributed by atoms with E-state index in [9.17, 15) is 9.18 Å². The minimum atomic E-state index is -0.517. The Morgan fingerprint density at radius 3 is 2.50 bits per heavy atom. The Bertz CT molecular complexity index is 565. The van der Waals surface area contributed by atoms with Crippen LogP contribution in [0.3, 0.4) is 0 Å². The second-order valence-electron chi connectivity index (χ2n) is 6.99. The molecule has 2 saturated heterocycles. The van der Waals surface area contributed by atoms with E-state index in [1.54, 1.807) is 12.1 Å². The van der Waals surface area contributed by atoms with Crippen LogP contribution in [0.4, 0.5) is 4.39 Å². The lowest BCUT2D eigenvalue weighted by atomic mass is 9.72. The molecular formula is C18H22FNO2. The number of likely N-dealkylation sites (tertiary alicyclic amines) is 1. The number of carbonyl (C=O) groups is 1. The van der Waals surface area contributed by atoms with Crippen molar-refractivity contribution in [2.45, 2.75) is 43.6 Å². The van der Waals surface area contributed by atoms with Crippen LogP contribution in [0.25, 0.3) is 0 Å². The van der Waals surface area contributed by atoms with Gasteiger partial charge in [0.25, 0.3) is 0 Å². The van der Waals surface area contributed by atoms with E-state index in [0.29, 0.717) is 38.0 Å². The number of rotatable bonds is 2. The summed E-state index contributed by atoms with van der Waals surface area (Å²) in [5.41, 5.74) is 0.432. The molecule has 1 amide bonds. The molecule has 0 spiro atoms. The number of benzene rings is 1. The number of hydrogen-bond donors (Lipinski definition) is 0. The molecular weight excluding hydrogens is 281 g/mol. The molecule has 1 saturated carbocycles. The maximum absolute atomic E-state index is 13.4. The van der Waals surface area contributed by atoms with Gasteiger partial charge in [0.05, 0.1) is 5.41 Å². The van der Waals surface area contributed by atoms with E-state index in [-0.39, 0.29) is 11.7 Å². The van der Waals surface area contributed by atoms with Gasteiger partial charge >= 0.3 is 0 Å². The zero-order valence-corrected chi connectivity index (χ0v) is 12.8. The van der Waals surface area contributed by atoms with Crippen molar-refractivity contribution in [1.82, 2.24) is 4.90 Å². The van der Waals surface area contributed by atoms with Crippen LogP contribution in [0.2, 0.25) is 0 Å². The number of fused-ring (bicyclic) bond motifs is 2. The van der Waals surface area contributed by atoms with E-state index in [2.05, 4.69) is 4.90 Å². The van der Waals surface area contributed by atoms with Crippen molar-refractivity contribution in [1.29, 1.82) is 0 Å². The summed E-state index contributed by atoms with van der Waals surface area (Å²) in [6.07, 6.45) is 4.98. The van der Waals surface area contributed by atoms with Gasteiger partial charge in [0.1, 0.15) is 5.82 Å². The molecule has 118 valence electrons. The van der Waals surface area contributed by atoms with Gasteiger partial charge in [0.15, 0.2) is 0 Å². The van der Waals surface area contributed by atoms with Crippen LogP contribution in [0.1, 0.15) is 37.7 Å². The highest BCUT2D eigenvalue weighted by Gasteiger charge is 2.49. The van der Waals surface area contributed by atoms with Crippen molar-refractivity contribution in [3.8, 4) is 0 Å². The highest BCUT2D eigenvalue weighted by atomic mass is 19.1. The van der Waals surface area contributed by atoms with Crippen LogP contribution in [0.15, 0.2) is 24.3 Å². The topological polar surface area (TPSA) is 29.5 Å². The third-order valence-corrected chi connectivity index (χ3v) is 5.82. The van der Waals surface area contributed by atoms with Gasteiger partial charge in [-0.05, 0) is 55.7 Å². The Kier molecular flexibility index (Phi) is 3.44. The van der Waals surface area contributed by atoms with Crippen LogP contribution < -0.4 is 0 Å². The first-order valence-corrected chi connectivity index (χ1v) is 8.34. The lowest BCUT2D eigenvalue weighted by molar-refractivity contribution is -0.143. The summed E-state index contributed by atoms with van der Waals surface area (Å²) in [6, 6.07) is 6.93. The van der Waals surface area contributed by atoms with E-state index >= 15 is 0 Å². The van der Waals surface area contributed by atoms with Gasteiger partial charge in [-0.3, -0.25) is 4.79 Å². The summed E-state index contributed by atoms with van der Waals surface area (Å²) < 4.78 is 18.8. The number of amides is 1. The van der Waals surface area contributed by atoms with Gasteiger partial charge in [-0.25, -0.2) is 4.39 Å². The van der Waals surface area contributed by atoms with Crippen molar-refractivity contribution in [2.75, 3.05) is 19.8 Å². The van der Waals surface area contributed by atoms with Crippen molar-refractivity contribution in [3.05, 3.63) is 35.6 Å². The highest BCUT2D eigenvalue weighted by molar-refractivity contribution is 5.89. The predicted molar refractivity (Wildman–Crippen MR) is 81.0 cm³/mol. The molecule has 0 aromatic heterocycles. The van der Waals surface area contributed by atoms with Crippen molar-refractivity contribution < 1.29 is 13.9 Å². The maximum atomic E-state index is 13.4. The fourth-order valence-corrected chi connectivity index (χ4v) is 4.56. The number of piperidine rings is 1. The highest BCUT2D eigenvalue weighted by Crippen LogP contribution is 2.43. The first-order chi connectivity index (χ1) is 10.7. The van der Waals surface area contributed by atoms with Crippen molar-refractivity contribution in [2.24, 2.45) is 5.92 Å². The quantitative estimate of drug-likeness (QED) is 0.841. The van der Waals surface area contributed by atoms with Gasteiger partial charge in [0.2, 0.25) is 5.91 Å². The van der Waals surface area contributed by atoms with E-state index in [1.165, 1.54) is 25.0 Å². The smallest absolute Gasteiger partial charge is 0.233 e. The van der Waals surface area contributed by atoms with Gasteiger partial charge in [-0.1, -0.05) is 12.1 Å². The molecule has 2 heterocycles. The van der Waals surface area contributed by atoms with E-state index in [4.69, 9.17) is 4.74 Å². The molecule has 3 aliphatic rings. The zero-order chi connectivity index (χ0) is 15.2. The molecule has 1 aromatic carbocycles. The second kappa shape index (κ2) is 5.34. The number of carbonyl (C=O) groups excluding carboxylic acids is 1. The minimum absolute atomic E-state index is 0.245. The van der Waals surface area contributed by atoms with Crippen LogP contribution in [-0.2, 0) is 14.9 Å². The Morgan fingerprint density at radius 2 is 1.91 bits per heavy atom. The summed E-state index contributed by atoms with van der Waals surface area (Å²) in [5, 5.41) is 0. The van der Waals surface area contributed by atoms with E-state index in [1.807, 2.05) is 0 Å². The maximum Gasteiger partial charge on any atom is 0.233 e. The molecule has 2 bridgehead atoms. The lowest BCUT2D eigenvalue weighted by Gasteiger charge is -2.41. The monoisotopic (exact) mass is 303 g/mol. The molecule has 1 aliphatic carbocycles. The predicted octanol–water partition coefficient (Wildman–Crippen LogP) is 2.88. The summed E-state index contributed by atoms with van der Waals surface area (Å²) in [4.78, 5) is 15.5. The number of halogens is 1. The van der Waals surface area contributed by atoms with Crippen LogP contribution in [0, 0.1) is 11.7 Å². The first kappa shape index (κ1) is 14.2. The van der Waals surface area contributed by atoms with Crippen molar-refractivity contribution >= 4 is 5.91 Å². The average molecular weight is 303 g/mol. The summed E-state index contributed by atoms with van der Waals surface area (Å²) in [6.45, 7) is 2.11. The van der Waals surface area contributed by atoms with E-state index < -0.39 is 5.41 Å². The average Bonchev–Trinajstić information content (AvgIpc) is 3.18. The Labute approximate surface area is 130 Å². The molecule has 2 aliphatic heterocycles. The second-order valence-corrected chi connectivity index (χ2v) is 6.99. The fraction of sp³-hybridized carbons (Fsp3) is 0.611. The molecule has 4 rings (SSSR count). The zero-order valence-electron chi connectivity index (χ0n) is 12.8. The standard InChI is InChI=1S/C18H22FNO2/c19-15-4-2-14(3-5-15)18(7-9-22-10-8-18)17(21)20-12-13-1-6-16(20)11-13/h2-5,13,16H,1,6-12H2/t13-,16-/m0/s1. The van der Waals surface area contributed by atoms with Gasteiger partial charge in [-0.2, -0.15) is 0 Å². The fourth-order valence-electron chi connectivity index (χ4n) is 4.56. The van der Waals surface area contributed by atoms with Gasteiger partial charge in [-0.15, -0.1) is 0 Å². The van der Waals surface area contributed by atoms with Crippen LogP contribution >= 0.6 is 0 Å². The lowest BCUT2D eigenvalue weighted by Crippen LogP contribution is -2.52. The molecule has 0 N–H and O–H groups in total. The van der Waals surface area contributed by atoms with Gasteiger partial charge in [0, 0.05) is 25.8 Å². The first-order valence-electron chi connectivity index (χ1n) is 8.34. The molecule has 22 heavy (non-hydrogen) atoms. The molecule has 1 aromatic rings. The molecule has 2 atom stereocenters. The van der Waals surface area contributed by atoms with Crippen molar-refractivity contribution in [3.63, 3.8) is 0 Å². The summed E-state index contributed by atoms with van der Waals surface area (Å²) >= 11 is 0. The number of ether oxygens (including phenoxy) is 1. The summed E-state index contributed by atoms with van der Waals surface area (Å²) in [5.74, 6) is 0.687. The SMILES string of the molecule is O=C(N1C[C@H]2CC[C@H]1C2)C1(c2ccc(F)cc2)CCOCC1. The van der Waals surface area contributed by atoms with Crippen LogP contribution in [-0.4, -0.2) is 36.6 Å². The molecule has 3 fully saturated rings. The van der Waals surface area contributed by atoms with Gasteiger partial charge < -0.3 is 9.64 Å². The van der Waals surface area contributed by atoms with E-state index in [0.717, 1.165) is 18.5 Å². The molecule has 0 radical (unpaired) electrons.